The molecule has 31 heavy (non-hydrogen) atoms. The van der Waals surface area contributed by atoms with Gasteiger partial charge in [0.05, 0.1) is 15.7 Å². The second kappa shape index (κ2) is 9.60. The molecular formula is C24H18Cl2N4O. The fourth-order valence-corrected chi connectivity index (χ4v) is 3.40. The lowest BCUT2D eigenvalue weighted by molar-refractivity contribution is 0.0951. The Kier molecular flexibility index (Phi) is 6.46. The lowest BCUT2D eigenvalue weighted by Crippen LogP contribution is -2.23. The molecule has 1 amide bonds. The quantitative estimate of drug-likeness (QED) is 0.372. The molecule has 4 aromatic rings. The fraction of sp³-hybridized carbons (Fsp3) is 0.0417. The summed E-state index contributed by atoms with van der Waals surface area (Å²) in [5.41, 5.74) is 3.69. The summed E-state index contributed by atoms with van der Waals surface area (Å²) >= 11 is 12.2. The van der Waals surface area contributed by atoms with E-state index in [1.165, 1.54) is 0 Å². The highest BCUT2D eigenvalue weighted by Crippen LogP contribution is 2.25. The Morgan fingerprint density at radius 3 is 2.55 bits per heavy atom. The normalized spacial score (nSPS) is 10.5. The fourth-order valence-electron chi connectivity index (χ4n) is 3.01. The third-order valence-electron chi connectivity index (χ3n) is 4.58. The molecule has 0 saturated heterocycles. The van der Waals surface area contributed by atoms with Crippen molar-refractivity contribution in [2.24, 2.45) is 0 Å². The van der Waals surface area contributed by atoms with E-state index in [1.807, 2.05) is 48.5 Å². The van der Waals surface area contributed by atoms with Gasteiger partial charge in [0.25, 0.3) is 5.91 Å². The van der Waals surface area contributed by atoms with Crippen molar-refractivity contribution in [2.45, 2.75) is 6.54 Å². The number of halogens is 2. The van der Waals surface area contributed by atoms with Gasteiger partial charge in [-0.1, -0.05) is 65.7 Å². The number of carbonyl (C=O) groups is 1. The second-order valence-electron chi connectivity index (χ2n) is 6.73. The summed E-state index contributed by atoms with van der Waals surface area (Å²) in [6.07, 6.45) is 1.68. The van der Waals surface area contributed by atoms with Crippen LogP contribution in [0, 0.1) is 0 Å². The van der Waals surface area contributed by atoms with E-state index in [0.717, 1.165) is 16.8 Å². The monoisotopic (exact) mass is 448 g/mol. The van der Waals surface area contributed by atoms with E-state index in [0.29, 0.717) is 27.3 Å². The first kappa shape index (κ1) is 20.8. The smallest absolute Gasteiger partial charge is 0.251 e. The molecule has 1 aromatic heterocycles. The van der Waals surface area contributed by atoms with Gasteiger partial charge in [0.1, 0.15) is 0 Å². The van der Waals surface area contributed by atoms with Crippen LogP contribution in [0.3, 0.4) is 0 Å². The third kappa shape index (κ3) is 5.20. The Labute approximate surface area is 190 Å². The number of hydrogen-bond acceptors (Lipinski definition) is 4. The summed E-state index contributed by atoms with van der Waals surface area (Å²) in [5, 5.41) is 6.95. The summed E-state index contributed by atoms with van der Waals surface area (Å²) in [4.78, 5) is 21.5. The Hall–Kier alpha value is -3.41. The SMILES string of the molecule is O=C(NCc1cccc(Cl)c1Cl)c1cccc(-c2ccnc(Nc3ccccc3)n2)c1. The standard InChI is InChI=1S/C24H18Cl2N4O/c25-20-11-5-8-18(22(20)26)15-28-23(31)17-7-4-6-16(14-17)21-12-13-27-24(30-21)29-19-9-2-1-3-10-19/h1-14H,15H2,(H,28,31)(H,27,29,30). The van der Waals surface area contributed by atoms with Crippen LogP contribution in [0.25, 0.3) is 11.3 Å². The molecule has 0 atom stereocenters. The highest BCUT2D eigenvalue weighted by molar-refractivity contribution is 6.42. The third-order valence-corrected chi connectivity index (χ3v) is 5.44. The molecule has 4 rings (SSSR count). The molecule has 0 bridgehead atoms. The summed E-state index contributed by atoms with van der Waals surface area (Å²) < 4.78 is 0. The van der Waals surface area contributed by atoms with E-state index in [-0.39, 0.29) is 12.5 Å². The van der Waals surface area contributed by atoms with Crippen LogP contribution in [0.1, 0.15) is 15.9 Å². The lowest BCUT2D eigenvalue weighted by Gasteiger charge is -2.10. The van der Waals surface area contributed by atoms with Crippen LogP contribution in [-0.4, -0.2) is 15.9 Å². The largest absolute Gasteiger partial charge is 0.348 e. The maximum Gasteiger partial charge on any atom is 0.251 e. The van der Waals surface area contributed by atoms with Gasteiger partial charge in [-0.05, 0) is 42.0 Å². The van der Waals surface area contributed by atoms with E-state index in [9.17, 15) is 4.79 Å². The molecule has 0 aliphatic rings. The van der Waals surface area contributed by atoms with Crippen molar-refractivity contribution < 1.29 is 4.79 Å². The van der Waals surface area contributed by atoms with Gasteiger partial charge in [-0.3, -0.25) is 4.79 Å². The highest BCUT2D eigenvalue weighted by Gasteiger charge is 2.10. The number of amides is 1. The molecule has 154 valence electrons. The number of nitrogens with one attached hydrogen (secondary N) is 2. The van der Waals surface area contributed by atoms with Crippen molar-refractivity contribution in [3.05, 3.63) is 106 Å². The predicted octanol–water partition coefficient (Wildman–Crippen LogP) is 6.12. The maximum absolute atomic E-state index is 12.7. The van der Waals surface area contributed by atoms with E-state index in [1.54, 1.807) is 36.5 Å². The Morgan fingerprint density at radius 1 is 0.903 bits per heavy atom. The summed E-state index contributed by atoms with van der Waals surface area (Å²) in [6, 6.07) is 24.1. The molecule has 0 unspecified atom stereocenters. The van der Waals surface area contributed by atoms with Crippen molar-refractivity contribution in [3.8, 4) is 11.3 Å². The molecule has 3 aromatic carbocycles. The molecule has 0 saturated carbocycles. The second-order valence-corrected chi connectivity index (χ2v) is 7.52. The van der Waals surface area contributed by atoms with Gasteiger partial charge in [0.2, 0.25) is 5.95 Å². The van der Waals surface area contributed by atoms with Gasteiger partial charge in [0.15, 0.2) is 0 Å². The molecule has 7 heteroatoms. The molecule has 0 spiro atoms. The van der Waals surface area contributed by atoms with Crippen molar-refractivity contribution in [1.82, 2.24) is 15.3 Å². The van der Waals surface area contributed by atoms with Crippen molar-refractivity contribution in [1.29, 1.82) is 0 Å². The summed E-state index contributed by atoms with van der Waals surface area (Å²) in [5.74, 6) is 0.267. The van der Waals surface area contributed by atoms with Crippen molar-refractivity contribution in [2.75, 3.05) is 5.32 Å². The molecule has 0 aliphatic carbocycles. The van der Waals surface area contributed by atoms with Crippen LogP contribution >= 0.6 is 23.2 Å². The first-order valence-electron chi connectivity index (χ1n) is 9.57. The zero-order valence-electron chi connectivity index (χ0n) is 16.3. The molecule has 0 radical (unpaired) electrons. The highest BCUT2D eigenvalue weighted by atomic mass is 35.5. The average molecular weight is 449 g/mol. The minimum Gasteiger partial charge on any atom is -0.348 e. The lowest BCUT2D eigenvalue weighted by atomic mass is 10.1. The van der Waals surface area contributed by atoms with Crippen molar-refractivity contribution in [3.63, 3.8) is 0 Å². The number of rotatable bonds is 6. The van der Waals surface area contributed by atoms with Gasteiger partial charge in [-0.2, -0.15) is 0 Å². The number of para-hydroxylation sites is 1. The zero-order valence-corrected chi connectivity index (χ0v) is 17.9. The van der Waals surface area contributed by atoms with Crippen LogP contribution in [0.5, 0.6) is 0 Å². The first-order chi connectivity index (χ1) is 15.1. The van der Waals surface area contributed by atoms with Crippen LogP contribution < -0.4 is 10.6 Å². The van der Waals surface area contributed by atoms with Crippen LogP contribution in [0.4, 0.5) is 11.6 Å². The number of carbonyl (C=O) groups excluding carboxylic acids is 1. The van der Waals surface area contributed by atoms with E-state index in [2.05, 4.69) is 20.6 Å². The zero-order chi connectivity index (χ0) is 21.6. The van der Waals surface area contributed by atoms with E-state index >= 15 is 0 Å². The van der Waals surface area contributed by atoms with Gasteiger partial charge >= 0.3 is 0 Å². The van der Waals surface area contributed by atoms with Gasteiger partial charge in [-0.25, -0.2) is 9.97 Å². The number of benzene rings is 3. The Balaban J connectivity index is 1.49. The van der Waals surface area contributed by atoms with E-state index < -0.39 is 0 Å². The number of anilines is 2. The molecule has 2 N–H and O–H groups in total. The molecule has 1 heterocycles. The van der Waals surface area contributed by atoms with Crippen LogP contribution in [0.2, 0.25) is 10.0 Å². The van der Waals surface area contributed by atoms with E-state index in [4.69, 9.17) is 23.2 Å². The molecule has 5 nitrogen and oxygen atoms in total. The number of nitrogens with zero attached hydrogens (tertiary/aromatic N) is 2. The Bertz CT molecular complexity index is 1220. The minimum atomic E-state index is -0.213. The Morgan fingerprint density at radius 2 is 1.71 bits per heavy atom. The minimum absolute atomic E-state index is 0.213. The molecule has 0 fully saturated rings. The summed E-state index contributed by atoms with van der Waals surface area (Å²) in [7, 11) is 0. The van der Waals surface area contributed by atoms with Crippen LogP contribution in [0.15, 0.2) is 85.1 Å². The van der Waals surface area contributed by atoms with Crippen molar-refractivity contribution >= 4 is 40.7 Å². The predicted molar refractivity (Wildman–Crippen MR) is 125 cm³/mol. The number of hydrogen-bond donors (Lipinski definition) is 2. The first-order valence-corrected chi connectivity index (χ1v) is 10.3. The van der Waals surface area contributed by atoms with Gasteiger partial charge in [-0.15, -0.1) is 0 Å². The van der Waals surface area contributed by atoms with Gasteiger partial charge < -0.3 is 10.6 Å². The maximum atomic E-state index is 12.7. The average Bonchev–Trinajstić information content (AvgIpc) is 2.81. The van der Waals surface area contributed by atoms with Gasteiger partial charge in [0, 0.05) is 29.6 Å². The van der Waals surface area contributed by atoms with Crippen LogP contribution in [-0.2, 0) is 6.54 Å². The topological polar surface area (TPSA) is 66.9 Å². The molecular weight excluding hydrogens is 431 g/mol. The summed E-state index contributed by atoms with van der Waals surface area (Å²) in [6.45, 7) is 0.279. The number of aromatic nitrogens is 2. The molecule has 0 aliphatic heterocycles.